The molecule has 0 fully saturated rings. The van der Waals surface area contributed by atoms with Gasteiger partial charge in [0.2, 0.25) is 5.91 Å². The molecule has 4 rings (SSSR count). The first-order chi connectivity index (χ1) is 16.8. The van der Waals surface area contributed by atoms with Crippen molar-refractivity contribution in [1.82, 2.24) is 9.97 Å². The number of nitrogens with zero attached hydrogens (tertiary/aromatic N) is 2. The minimum atomic E-state index is -0.864. The molecule has 0 saturated heterocycles. The molecule has 0 radical (unpaired) electrons. The quantitative estimate of drug-likeness (QED) is 0.308. The SMILES string of the molecule is COc1ccc(C)cc1Nc1nc2ccc(CC(=O)Nc3ccc(C(C)CC(=O)O)cn3)cc2o1. The number of benzene rings is 2. The van der Waals surface area contributed by atoms with Crippen LogP contribution in [0.4, 0.5) is 17.5 Å². The number of carbonyl (C=O) groups is 2. The summed E-state index contributed by atoms with van der Waals surface area (Å²) in [7, 11) is 1.60. The Hall–Kier alpha value is -4.40. The van der Waals surface area contributed by atoms with Gasteiger partial charge in [-0.1, -0.05) is 25.1 Å². The molecule has 0 aliphatic heterocycles. The van der Waals surface area contributed by atoms with Gasteiger partial charge in [0, 0.05) is 6.20 Å². The van der Waals surface area contributed by atoms with E-state index in [2.05, 4.69) is 20.6 Å². The Bertz CT molecular complexity index is 1360. The maximum Gasteiger partial charge on any atom is 0.303 e. The van der Waals surface area contributed by atoms with E-state index in [1.807, 2.05) is 38.1 Å². The number of hydrogen-bond acceptors (Lipinski definition) is 7. The van der Waals surface area contributed by atoms with Crippen molar-refractivity contribution in [1.29, 1.82) is 0 Å². The molecule has 9 nitrogen and oxygen atoms in total. The first-order valence-electron chi connectivity index (χ1n) is 11.1. The summed E-state index contributed by atoms with van der Waals surface area (Å²) in [4.78, 5) is 32.1. The summed E-state index contributed by atoms with van der Waals surface area (Å²) in [6.45, 7) is 3.80. The monoisotopic (exact) mass is 474 g/mol. The number of carbonyl (C=O) groups excluding carboxylic acids is 1. The Morgan fingerprint density at radius 2 is 1.97 bits per heavy atom. The van der Waals surface area contributed by atoms with Gasteiger partial charge in [-0.25, -0.2) is 4.98 Å². The Balaban J connectivity index is 1.41. The number of oxazole rings is 1. The van der Waals surface area contributed by atoms with Gasteiger partial charge < -0.3 is 24.9 Å². The molecule has 180 valence electrons. The standard InChI is InChI=1S/C26H26N4O5/c1-15-4-8-21(34-3)20(10-15)29-26-28-19-7-5-17(12-22(19)35-26)13-24(31)30-23-9-6-18(14-27-23)16(2)11-25(32)33/h4-10,12,14,16H,11,13H2,1-3H3,(H,28,29)(H,32,33)(H,27,30,31). The normalized spacial score (nSPS) is 11.7. The van der Waals surface area contributed by atoms with Crippen molar-refractivity contribution in [2.24, 2.45) is 0 Å². The zero-order chi connectivity index (χ0) is 24.9. The minimum Gasteiger partial charge on any atom is -0.495 e. The molecule has 1 amide bonds. The molecule has 0 aliphatic rings. The van der Waals surface area contributed by atoms with Gasteiger partial charge in [0.25, 0.3) is 6.01 Å². The summed E-state index contributed by atoms with van der Waals surface area (Å²) >= 11 is 0. The number of pyridine rings is 1. The molecule has 2 aromatic carbocycles. The fourth-order valence-corrected chi connectivity index (χ4v) is 3.69. The number of nitrogens with one attached hydrogen (secondary N) is 2. The molecule has 0 spiro atoms. The van der Waals surface area contributed by atoms with E-state index in [0.29, 0.717) is 28.7 Å². The molecule has 3 N–H and O–H groups in total. The number of fused-ring (bicyclic) bond motifs is 1. The highest BCUT2D eigenvalue weighted by atomic mass is 16.5. The molecule has 0 saturated carbocycles. The van der Waals surface area contributed by atoms with Crippen molar-refractivity contribution in [2.75, 3.05) is 17.7 Å². The lowest BCUT2D eigenvalue weighted by molar-refractivity contribution is -0.137. The van der Waals surface area contributed by atoms with Gasteiger partial charge in [0.1, 0.15) is 17.1 Å². The van der Waals surface area contributed by atoms with Crippen LogP contribution in [-0.2, 0) is 16.0 Å². The van der Waals surface area contributed by atoms with Crippen LogP contribution in [0.5, 0.6) is 5.75 Å². The predicted molar refractivity (Wildman–Crippen MR) is 132 cm³/mol. The fourth-order valence-electron chi connectivity index (χ4n) is 3.69. The number of carboxylic acid groups (broad SMARTS) is 1. The third-order valence-electron chi connectivity index (χ3n) is 5.52. The van der Waals surface area contributed by atoms with Crippen LogP contribution in [0, 0.1) is 6.92 Å². The molecule has 2 aromatic heterocycles. The molecule has 0 aliphatic carbocycles. The summed E-state index contributed by atoms with van der Waals surface area (Å²) < 4.78 is 11.2. The van der Waals surface area contributed by atoms with Crippen LogP contribution in [0.2, 0.25) is 0 Å². The van der Waals surface area contributed by atoms with Crippen molar-refractivity contribution in [3.63, 3.8) is 0 Å². The molecule has 4 aromatic rings. The molecule has 0 bridgehead atoms. The van der Waals surface area contributed by atoms with E-state index in [1.54, 1.807) is 37.6 Å². The summed E-state index contributed by atoms with van der Waals surface area (Å²) in [5, 5.41) is 14.8. The Kier molecular flexibility index (Phi) is 6.96. The average Bonchev–Trinajstić information content (AvgIpc) is 3.20. The van der Waals surface area contributed by atoms with Crippen LogP contribution >= 0.6 is 0 Å². The lowest BCUT2D eigenvalue weighted by atomic mass is 10.00. The van der Waals surface area contributed by atoms with Crippen LogP contribution in [-0.4, -0.2) is 34.1 Å². The smallest absolute Gasteiger partial charge is 0.303 e. The number of aromatic nitrogens is 2. The predicted octanol–water partition coefficient (Wildman–Crippen LogP) is 5.04. The Morgan fingerprint density at radius 3 is 2.69 bits per heavy atom. The van der Waals surface area contributed by atoms with E-state index in [-0.39, 0.29) is 24.7 Å². The van der Waals surface area contributed by atoms with Gasteiger partial charge in [0.15, 0.2) is 5.58 Å². The average molecular weight is 475 g/mol. The summed E-state index contributed by atoms with van der Waals surface area (Å²) in [6.07, 6.45) is 1.73. The highest BCUT2D eigenvalue weighted by Gasteiger charge is 2.13. The second-order valence-electron chi connectivity index (χ2n) is 8.35. The molecular weight excluding hydrogens is 448 g/mol. The maximum absolute atomic E-state index is 12.5. The molecule has 9 heteroatoms. The molecule has 35 heavy (non-hydrogen) atoms. The topological polar surface area (TPSA) is 127 Å². The third kappa shape index (κ3) is 5.94. The summed E-state index contributed by atoms with van der Waals surface area (Å²) in [5.74, 6) is -0.180. The largest absolute Gasteiger partial charge is 0.495 e. The zero-order valence-corrected chi connectivity index (χ0v) is 19.7. The van der Waals surface area contributed by atoms with Crippen molar-refractivity contribution in [3.05, 3.63) is 71.4 Å². The van der Waals surface area contributed by atoms with Gasteiger partial charge in [-0.15, -0.1) is 0 Å². The second-order valence-corrected chi connectivity index (χ2v) is 8.35. The number of anilines is 3. The van der Waals surface area contributed by atoms with Gasteiger partial charge >= 0.3 is 5.97 Å². The van der Waals surface area contributed by atoms with Gasteiger partial charge in [-0.2, -0.15) is 4.98 Å². The maximum atomic E-state index is 12.5. The zero-order valence-electron chi connectivity index (χ0n) is 19.7. The second kappa shape index (κ2) is 10.3. The number of rotatable bonds is 9. The van der Waals surface area contributed by atoms with Crippen molar-refractivity contribution >= 4 is 40.5 Å². The molecule has 2 heterocycles. The fraction of sp³-hybridized carbons (Fsp3) is 0.231. The number of hydrogen-bond donors (Lipinski definition) is 3. The number of ether oxygens (including phenoxy) is 1. The van der Waals surface area contributed by atoms with Crippen molar-refractivity contribution in [3.8, 4) is 5.75 Å². The van der Waals surface area contributed by atoms with Crippen LogP contribution in [0.15, 0.2) is 59.1 Å². The van der Waals surface area contributed by atoms with Gasteiger partial charge in [-0.3, -0.25) is 9.59 Å². The van der Waals surface area contributed by atoms with Crippen molar-refractivity contribution in [2.45, 2.75) is 32.6 Å². The number of methoxy groups -OCH3 is 1. The first-order valence-corrected chi connectivity index (χ1v) is 11.1. The lowest BCUT2D eigenvalue weighted by Crippen LogP contribution is -2.15. The Labute approximate surface area is 202 Å². The number of amides is 1. The van der Waals surface area contributed by atoms with E-state index in [0.717, 1.165) is 22.4 Å². The highest BCUT2D eigenvalue weighted by molar-refractivity contribution is 5.92. The number of aryl methyl sites for hydroxylation is 1. The van der Waals surface area contributed by atoms with Crippen LogP contribution in [0.3, 0.4) is 0 Å². The highest BCUT2D eigenvalue weighted by Crippen LogP contribution is 2.30. The van der Waals surface area contributed by atoms with Crippen LogP contribution in [0.25, 0.3) is 11.1 Å². The van der Waals surface area contributed by atoms with E-state index in [1.165, 1.54) is 0 Å². The van der Waals surface area contributed by atoms with Crippen LogP contribution < -0.4 is 15.4 Å². The minimum absolute atomic E-state index is 0.0211. The number of carboxylic acids is 1. The Morgan fingerprint density at radius 1 is 1.14 bits per heavy atom. The van der Waals surface area contributed by atoms with Gasteiger partial charge in [0.05, 0.1) is 25.6 Å². The number of aliphatic carboxylic acids is 1. The molecule has 1 atom stereocenters. The van der Waals surface area contributed by atoms with E-state index in [4.69, 9.17) is 14.3 Å². The van der Waals surface area contributed by atoms with E-state index >= 15 is 0 Å². The van der Waals surface area contributed by atoms with E-state index in [9.17, 15) is 9.59 Å². The van der Waals surface area contributed by atoms with Gasteiger partial charge in [-0.05, 0) is 59.9 Å². The summed E-state index contributed by atoms with van der Waals surface area (Å²) in [5.41, 5.74) is 4.59. The third-order valence-corrected chi connectivity index (χ3v) is 5.52. The van der Waals surface area contributed by atoms with Crippen LogP contribution in [0.1, 0.15) is 36.0 Å². The molecule has 1 unspecified atom stereocenters. The molecular formula is C26H26N4O5. The lowest BCUT2D eigenvalue weighted by Gasteiger charge is -2.10. The first kappa shape index (κ1) is 23.7. The van der Waals surface area contributed by atoms with Crippen molar-refractivity contribution < 1.29 is 23.8 Å². The summed E-state index contributed by atoms with van der Waals surface area (Å²) in [6, 6.07) is 14.9. The van der Waals surface area contributed by atoms with E-state index < -0.39 is 5.97 Å².